The van der Waals surface area contributed by atoms with Gasteiger partial charge in [-0.25, -0.2) is 0 Å². The molecule has 4 nitrogen and oxygen atoms in total. The van der Waals surface area contributed by atoms with E-state index in [1.54, 1.807) is 0 Å². The summed E-state index contributed by atoms with van der Waals surface area (Å²) in [6, 6.07) is 0. The highest BCUT2D eigenvalue weighted by atomic mass is 16.5. The molecule has 2 unspecified atom stereocenters. The largest absolute Gasteiger partial charge is 0.465 e. The van der Waals surface area contributed by atoms with Gasteiger partial charge in [0.15, 0.2) is 0 Å². The van der Waals surface area contributed by atoms with Gasteiger partial charge in [-0.1, -0.05) is 168 Å². The lowest BCUT2D eigenvalue weighted by Gasteiger charge is -2.28. The topological polar surface area (TPSA) is 52.6 Å². The van der Waals surface area contributed by atoms with Crippen LogP contribution in [0.15, 0.2) is 0 Å². The van der Waals surface area contributed by atoms with Crippen LogP contribution >= 0.6 is 0 Å². The van der Waals surface area contributed by atoms with E-state index < -0.39 is 0 Å². The predicted molar refractivity (Wildman–Crippen MR) is 170 cm³/mol. The van der Waals surface area contributed by atoms with Crippen LogP contribution in [0, 0.1) is 11.8 Å². The van der Waals surface area contributed by atoms with Crippen molar-refractivity contribution >= 4 is 11.9 Å². The van der Waals surface area contributed by atoms with E-state index in [-0.39, 0.29) is 23.8 Å². The van der Waals surface area contributed by atoms with Gasteiger partial charge in [0, 0.05) is 0 Å². The van der Waals surface area contributed by atoms with E-state index >= 15 is 0 Å². The van der Waals surface area contributed by atoms with Crippen molar-refractivity contribution in [2.24, 2.45) is 11.8 Å². The number of rotatable bonds is 28. The van der Waals surface area contributed by atoms with E-state index in [1.807, 2.05) is 0 Å². The first-order valence-corrected chi connectivity index (χ1v) is 18.0. The molecule has 0 spiro atoms. The standard InChI is InChI=1S/C36H68O4/c1-3-5-7-9-11-13-15-16-17-18-20-22-24-28-32-40-36(38)34-30-26-25-29-33(34)35(37)39-31-27-23-21-19-14-12-10-8-6-4-2/h33-34H,3-32H2,1-2H3. The molecule has 0 aliphatic heterocycles. The second-order valence-corrected chi connectivity index (χ2v) is 12.6. The highest BCUT2D eigenvalue weighted by molar-refractivity contribution is 5.82. The molecule has 0 heterocycles. The summed E-state index contributed by atoms with van der Waals surface area (Å²) in [4.78, 5) is 25.5. The Labute approximate surface area is 249 Å². The minimum Gasteiger partial charge on any atom is -0.465 e. The third-order valence-corrected chi connectivity index (χ3v) is 8.86. The summed E-state index contributed by atoms with van der Waals surface area (Å²) in [6.45, 7) is 5.52. The fourth-order valence-corrected chi connectivity index (χ4v) is 6.14. The molecule has 0 saturated heterocycles. The number of ether oxygens (including phenoxy) is 2. The zero-order chi connectivity index (χ0) is 28.9. The molecule has 0 radical (unpaired) electrons. The summed E-state index contributed by atoms with van der Waals surface area (Å²) in [5, 5.41) is 0. The summed E-state index contributed by atoms with van der Waals surface area (Å²) in [5.41, 5.74) is 0. The summed E-state index contributed by atoms with van der Waals surface area (Å²) in [5.74, 6) is -0.953. The van der Waals surface area contributed by atoms with Crippen molar-refractivity contribution in [3.63, 3.8) is 0 Å². The molecule has 0 aromatic heterocycles. The van der Waals surface area contributed by atoms with Gasteiger partial charge in [-0.3, -0.25) is 9.59 Å². The van der Waals surface area contributed by atoms with Crippen molar-refractivity contribution in [1.29, 1.82) is 0 Å². The van der Waals surface area contributed by atoms with Crippen molar-refractivity contribution in [1.82, 2.24) is 0 Å². The van der Waals surface area contributed by atoms with Gasteiger partial charge in [-0.05, 0) is 25.7 Å². The van der Waals surface area contributed by atoms with Gasteiger partial charge in [-0.15, -0.1) is 0 Å². The van der Waals surface area contributed by atoms with Crippen LogP contribution in [0.4, 0.5) is 0 Å². The fourth-order valence-electron chi connectivity index (χ4n) is 6.14. The Bertz CT molecular complexity index is 575. The summed E-state index contributed by atoms with van der Waals surface area (Å²) < 4.78 is 11.3. The normalized spacial score (nSPS) is 17.1. The first-order chi connectivity index (χ1) is 19.7. The molecule has 0 bridgehead atoms. The molecule has 0 N–H and O–H groups in total. The van der Waals surface area contributed by atoms with Crippen molar-refractivity contribution in [2.45, 2.75) is 194 Å². The Morgan fingerprint density at radius 1 is 0.425 bits per heavy atom. The zero-order valence-electron chi connectivity index (χ0n) is 27.0. The zero-order valence-corrected chi connectivity index (χ0v) is 27.0. The predicted octanol–water partition coefficient (Wildman–Crippen LogP) is 11.3. The Morgan fingerprint density at radius 2 is 0.675 bits per heavy atom. The SMILES string of the molecule is CCCCCCCCCCCCCCCCOC(=O)C1CCCCC1C(=O)OCCCCCCCCCCCC. The molecule has 40 heavy (non-hydrogen) atoms. The lowest BCUT2D eigenvalue weighted by Crippen LogP contribution is -2.35. The van der Waals surface area contributed by atoms with Crippen molar-refractivity contribution in [3.8, 4) is 0 Å². The highest BCUT2D eigenvalue weighted by Gasteiger charge is 2.37. The first-order valence-electron chi connectivity index (χ1n) is 18.0. The van der Waals surface area contributed by atoms with Crippen molar-refractivity contribution < 1.29 is 19.1 Å². The quantitative estimate of drug-likeness (QED) is 0.0700. The number of carbonyl (C=O) groups excluding carboxylic acids is 2. The average molecular weight is 565 g/mol. The van der Waals surface area contributed by atoms with Crippen LogP contribution in [0.1, 0.15) is 194 Å². The average Bonchev–Trinajstić information content (AvgIpc) is 2.97. The van der Waals surface area contributed by atoms with Gasteiger partial charge in [0.1, 0.15) is 0 Å². The third-order valence-electron chi connectivity index (χ3n) is 8.86. The molecule has 1 aliphatic carbocycles. The second kappa shape index (κ2) is 28.1. The van der Waals surface area contributed by atoms with Crippen LogP contribution in [0.2, 0.25) is 0 Å². The maximum absolute atomic E-state index is 12.8. The minimum atomic E-state index is -0.305. The molecule has 1 saturated carbocycles. The summed E-state index contributed by atoms with van der Waals surface area (Å²) >= 11 is 0. The lowest BCUT2D eigenvalue weighted by molar-refractivity contribution is -0.163. The molecule has 0 aromatic carbocycles. The monoisotopic (exact) mass is 565 g/mol. The lowest BCUT2D eigenvalue weighted by atomic mass is 9.79. The van der Waals surface area contributed by atoms with Gasteiger partial charge in [0.05, 0.1) is 25.0 Å². The van der Waals surface area contributed by atoms with E-state index in [1.165, 1.54) is 128 Å². The molecular formula is C36H68O4. The first kappa shape index (κ1) is 37.0. The molecule has 1 rings (SSSR count). The third kappa shape index (κ3) is 20.8. The van der Waals surface area contributed by atoms with Gasteiger partial charge in [-0.2, -0.15) is 0 Å². The number of esters is 2. The van der Waals surface area contributed by atoms with Crippen molar-refractivity contribution in [2.75, 3.05) is 13.2 Å². The maximum Gasteiger partial charge on any atom is 0.309 e. The Balaban J connectivity index is 2.02. The number of hydrogen-bond acceptors (Lipinski definition) is 4. The molecule has 236 valence electrons. The molecule has 0 amide bonds. The van der Waals surface area contributed by atoms with Crippen LogP contribution in [-0.2, 0) is 19.1 Å². The smallest absolute Gasteiger partial charge is 0.309 e. The molecule has 1 aliphatic rings. The fraction of sp³-hybridized carbons (Fsp3) is 0.944. The molecule has 4 heteroatoms. The highest BCUT2D eigenvalue weighted by Crippen LogP contribution is 2.32. The Kier molecular flexibility index (Phi) is 25.9. The summed E-state index contributed by atoms with van der Waals surface area (Å²) in [7, 11) is 0. The van der Waals surface area contributed by atoms with Gasteiger partial charge in [0.2, 0.25) is 0 Å². The van der Waals surface area contributed by atoms with Crippen LogP contribution in [0.25, 0.3) is 0 Å². The minimum absolute atomic E-state index is 0.171. The van der Waals surface area contributed by atoms with E-state index in [0.717, 1.165) is 51.4 Å². The van der Waals surface area contributed by atoms with Crippen molar-refractivity contribution in [3.05, 3.63) is 0 Å². The van der Waals surface area contributed by atoms with E-state index in [4.69, 9.17) is 9.47 Å². The van der Waals surface area contributed by atoms with Gasteiger partial charge >= 0.3 is 11.9 Å². The van der Waals surface area contributed by atoms with E-state index in [2.05, 4.69) is 13.8 Å². The van der Waals surface area contributed by atoms with E-state index in [9.17, 15) is 9.59 Å². The molecule has 0 aromatic rings. The summed E-state index contributed by atoms with van der Waals surface area (Å²) in [6.07, 6.45) is 34.6. The van der Waals surface area contributed by atoms with Crippen LogP contribution < -0.4 is 0 Å². The van der Waals surface area contributed by atoms with E-state index in [0.29, 0.717) is 13.2 Å². The van der Waals surface area contributed by atoms with Crippen LogP contribution in [0.3, 0.4) is 0 Å². The number of carbonyl (C=O) groups is 2. The second-order valence-electron chi connectivity index (χ2n) is 12.6. The van der Waals surface area contributed by atoms with Crippen LogP contribution in [0.5, 0.6) is 0 Å². The molecular weight excluding hydrogens is 496 g/mol. The van der Waals surface area contributed by atoms with Gasteiger partial charge < -0.3 is 9.47 Å². The maximum atomic E-state index is 12.8. The number of hydrogen-bond donors (Lipinski definition) is 0. The van der Waals surface area contributed by atoms with Gasteiger partial charge in [0.25, 0.3) is 0 Å². The molecule has 2 atom stereocenters. The number of unbranched alkanes of at least 4 members (excludes halogenated alkanes) is 22. The van der Waals surface area contributed by atoms with Crippen LogP contribution in [-0.4, -0.2) is 25.2 Å². The Morgan fingerprint density at radius 3 is 0.950 bits per heavy atom. The Hall–Kier alpha value is -1.06. The molecule has 1 fully saturated rings.